The maximum absolute atomic E-state index is 12.0. The summed E-state index contributed by atoms with van der Waals surface area (Å²) in [5.41, 5.74) is 2.54. The third-order valence-electron chi connectivity index (χ3n) is 3.02. The number of pyridine rings is 1. The maximum Gasteiger partial charge on any atom is 0.228 e. The predicted octanol–water partition coefficient (Wildman–Crippen LogP) is 3.40. The molecule has 0 bridgehead atoms. The molecule has 0 atom stereocenters. The molecule has 0 saturated carbocycles. The van der Waals surface area contributed by atoms with Crippen molar-refractivity contribution in [2.24, 2.45) is 0 Å². The lowest BCUT2D eigenvalue weighted by molar-refractivity contribution is -0.115. The topological polar surface area (TPSA) is 57.8 Å². The lowest BCUT2D eigenvalue weighted by atomic mass is 10.1. The monoisotopic (exact) mass is 285 g/mol. The van der Waals surface area contributed by atoms with E-state index in [0.717, 1.165) is 16.5 Å². The fourth-order valence-electron chi connectivity index (χ4n) is 2.07. The number of nitrogens with one attached hydrogen (secondary N) is 2. The highest BCUT2D eigenvalue weighted by Gasteiger charge is 2.07. The largest absolute Gasteiger partial charge is 0.361 e. The van der Waals surface area contributed by atoms with Crippen LogP contribution in [0.1, 0.15) is 5.56 Å². The molecule has 0 saturated heterocycles. The second-order valence-electron chi connectivity index (χ2n) is 4.47. The van der Waals surface area contributed by atoms with Gasteiger partial charge in [-0.3, -0.25) is 4.79 Å². The van der Waals surface area contributed by atoms with Gasteiger partial charge in [0.15, 0.2) is 5.15 Å². The van der Waals surface area contributed by atoms with E-state index in [-0.39, 0.29) is 5.91 Å². The van der Waals surface area contributed by atoms with Gasteiger partial charge in [-0.25, -0.2) is 4.98 Å². The third kappa shape index (κ3) is 2.65. The molecule has 3 rings (SSSR count). The van der Waals surface area contributed by atoms with Crippen molar-refractivity contribution in [3.63, 3.8) is 0 Å². The number of fused-ring (bicyclic) bond motifs is 1. The fraction of sp³-hybridized carbons (Fsp3) is 0.0667. The van der Waals surface area contributed by atoms with Gasteiger partial charge in [0, 0.05) is 17.9 Å². The Morgan fingerprint density at radius 3 is 3.05 bits per heavy atom. The van der Waals surface area contributed by atoms with Gasteiger partial charge in [0.25, 0.3) is 0 Å². The van der Waals surface area contributed by atoms with Crippen LogP contribution >= 0.6 is 11.6 Å². The number of aromatic nitrogens is 2. The molecule has 0 unspecified atom stereocenters. The Balaban J connectivity index is 1.74. The van der Waals surface area contributed by atoms with Crippen molar-refractivity contribution in [1.82, 2.24) is 9.97 Å². The van der Waals surface area contributed by atoms with Crippen LogP contribution in [0.15, 0.2) is 48.8 Å². The van der Waals surface area contributed by atoms with Crippen LogP contribution in [-0.2, 0) is 11.2 Å². The second kappa shape index (κ2) is 5.35. The number of hydrogen-bond donors (Lipinski definition) is 2. The average Bonchev–Trinajstić information content (AvgIpc) is 2.89. The fourth-order valence-corrected chi connectivity index (χ4v) is 2.24. The predicted molar refractivity (Wildman–Crippen MR) is 79.9 cm³/mol. The number of amides is 1. The van der Waals surface area contributed by atoms with E-state index in [4.69, 9.17) is 11.6 Å². The molecule has 0 fully saturated rings. The quantitative estimate of drug-likeness (QED) is 0.725. The Morgan fingerprint density at radius 2 is 2.20 bits per heavy atom. The van der Waals surface area contributed by atoms with Gasteiger partial charge in [-0.15, -0.1) is 0 Å². The molecule has 2 heterocycles. The van der Waals surface area contributed by atoms with Crippen LogP contribution in [0.4, 0.5) is 5.69 Å². The molecule has 4 nitrogen and oxygen atoms in total. The molecule has 2 aromatic heterocycles. The van der Waals surface area contributed by atoms with Gasteiger partial charge >= 0.3 is 0 Å². The van der Waals surface area contributed by atoms with Crippen molar-refractivity contribution in [2.45, 2.75) is 6.42 Å². The molecule has 0 radical (unpaired) electrons. The zero-order valence-electron chi connectivity index (χ0n) is 10.6. The number of hydrogen-bond acceptors (Lipinski definition) is 2. The van der Waals surface area contributed by atoms with Crippen LogP contribution in [0.5, 0.6) is 0 Å². The number of nitrogens with zero attached hydrogens (tertiary/aromatic N) is 1. The number of H-pyrrole nitrogens is 1. The number of aromatic amines is 1. The first-order chi connectivity index (χ1) is 9.72. The van der Waals surface area contributed by atoms with Crippen LogP contribution in [0.25, 0.3) is 10.9 Å². The highest BCUT2D eigenvalue weighted by atomic mass is 35.5. The zero-order chi connectivity index (χ0) is 13.9. The van der Waals surface area contributed by atoms with Crippen molar-refractivity contribution in [1.29, 1.82) is 0 Å². The first kappa shape index (κ1) is 12.7. The number of rotatable bonds is 3. The summed E-state index contributed by atoms with van der Waals surface area (Å²) in [4.78, 5) is 19.0. The minimum Gasteiger partial charge on any atom is -0.361 e. The van der Waals surface area contributed by atoms with Crippen LogP contribution in [-0.4, -0.2) is 15.9 Å². The summed E-state index contributed by atoms with van der Waals surface area (Å²) in [6, 6.07) is 11.3. The van der Waals surface area contributed by atoms with Gasteiger partial charge in [0.1, 0.15) is 0 Å². The van der Waals surface area contributed by atoms with Crippen LogP contribution in [0.2, 0.25) is 5.15 Å². The number of benzene rings is 1. The van der Waals surface area contributed by atoms with E-state index >= 15 is 0 Å². The number of carbonyl (C=O) groups excluding carboxylic acids is 1. The van der Waals surface area contributed by atoms with Gasteiger partial charge in [-0.1, -0.05) is 17.7 Å². The van der Waals surface area contributed by atoms with Gasteiger partial charge in [-0.2, -0.15) is 0 Å². The Labute approximate surface area is 120 Å². The molecule has 0 aliphatic rings. The molecule has 1 aromatic carbocycles. The molecular formula is C15H12ClN3O. The zero-order valence-corrected chi connectivity index (χ0v) is 11.3. The second-order valence-corrected chi connectivity index (χ2v) is 4.82. The minimum atomic E-state index is -0.116. The van der Waals surface area contributed by atoms with E-state index in [9.17, 15) is 4.79 Å². The smallest absolute Gasteiger partial charge is 0.228 e. The minimum absolute atomic E-state index is 0.116. The van der Waals surface area contributed by atoms with E-state index in [2.05, 4.69) is 15.3 Å². The summed E-state index contributed by atoms with van der Waals surface area (Å²) in [6.45, 7) is 0. The summed E-state index contributed by atoms with van der Waals surface area (Å²) in [5.74, 6) is -0.116. The summed E-state index contributed by atoms with van der Waals surface area (Å²) < 4.78 is 0. The van der Waals surface area contributed by atoms with Gasteiger partial charge < -0.3 is 10.3 Å². The lowest BCUT2D eigenvalue weighted by Gasteiger charge is -2.06. The molecule has 3 aromatic rings. The van der Waals surface area contributed by atoms with Crippen molar-refractivity contribution >= 4 is 34.1 Å². The molecule has 100 valence electrons. The standard InChI is InChI=1S/C15H12ClN3O/c16-15-13(2-1-6-18-15)19-14(20)9-10-3-4-12-11(8-10)5-7-17-12/h1-8,17H,9H2,(H,19,20). The van der Waals surface area contributed by atoms with E-state index in [1.807, 2.05) is 30.5 Å². The molecule has 5 heteroatoms. The lowest BCUT2D eigenvalue weighted by Crippen LogP contribution is -2.14. The van der Waals surface area contributed by atoms with Crippen LogP contribution in [0, 0.1) is 0 Å². The third-order valence-corrected chi connectivity index (χ3v) is 3.32. The van der Waals surface area contributed by atoms with E-state index in [1.54, 1.807) is 18.3 Å². The molecule has 1 amide bonds. The van der Waals surface area contributed by atoms with Gasteiger partial charge in [-0.05, 0) is 41.3 Å². The van der Waals surface area contributed by atoms with Crippen molar-refractivity contribution in [3.8, 4) is 0 Å². The number of anilines is 1. The average molecular weight is 286 g/mol. The highest BCUT2D eigenvalue weighted by molar-refractivity contribution is 6.32. The highest BCUT2D eigenvalue weighted by Crippen LogP contribution is 2.18. The van der Waals surface area contributed by atoms with Crippen molar-refractivity contribution in [3.05, 3.63) is 59.5 Å². The van der Waals surface area contributed by atoms with Gasteiger partial charge in [0.05, 0.1) is 12.1 Å². The molecular weight excluding hydrogens is 274 g/mol. The Morgan fingerprint density at radius 1 is 1.30 bits per heavy atom. The first-order valence-electron chi connectivity index (χ1n) is 6.19. The number of halogens is 1. The van der Waals surface area contributed by atoms with E-state index < -0.39 is 0 Å². The Hall–Kier alpha value is -2.33. The van der Waals surface area contributed by atoms with Crippen molar-refractivity contribution < 1.29 is 4.79 Å². The van der Waals surface area contributed by atoms with E-state index in [1.165, 1.54) is 0 Å². The summed E-state index contributed by atoms with van der Waals surface area (Å²) >= 11 is 5.90. The molecule has 0 spiro atoms. The summed E-state index contributed by atoms with van der Waals surface area (Å²) in [5, 5.41) is 4.15. The first-order valence-corrected chi connectivity index (χ1v) is 6.56. The summed E-state index contributed by atoms with van der Waals surface area (Å²) in [6.07, 6.45) is 3.76. The molecule has 0 aliphatic heterocycles. The Kier molecular flexibility index (Phi) is 3.39. The molecule has 2 N–H and O–H groups in total. The van der Waals surface area contributed by atoms with Crippen LogP contribution in [0.3, 0.4) is 0 Å². The SMILES string of the molecule is O=C(Cc1ccc2[nH]ccc2c1)Nc1cccnc1Cl. The Bertz CT molecular complexity index is 766. The molecule has 20 heavy (non-hydrogen) atoms. The summed E-state index contributed by atoms with van der Waals surface area (Å²) in [7, 11) is 0. The van der Waals surface area contributed by atoms with Crippen molar-refractivity contribution in [2.75, 3.05) is 5.32 Å². The molecule has 0 aliphatic carbocycles. The maximum atomic E-state index is 12.0. The van der Waals surface area contributed by atoms with E-state index in [0.29, 0.717) is 17.3 Å². The normalized spacial score (nSPS) is 10.7. The van der Waals surface area contributed by atoms with Crippen LogP contribution < -0.4 is 5.32 Å². The number of carbonyl (C=O) groups is 1. The van der Waals surface area contributed by atoms with Gasteiger partial charge in [0.2, 0.25) is 5.91 Å².